The Hall–Kier alpha value is -0.610. The summed E-state index contributed by atoms with van der Waals surface area (Å²) in [7, 11) is 0. The van der Waals surface area contributed by atoms with E-state index in [2.05, 4.69) is 19.2 Å². The molecule has 0 aromatic heterocycles. The number of ether oxygens (including phenoxy) is 1. The molecule has 0 spiro atoms. The fourth-order valence-corrected chi connectivity index (χ4v) is 2.57. The van der Waals surface area contributed by atoms with Gasteiger partial charge in [0.25, 0.3) is 0 Å². The van der Waals surface area contributed by atoms with E-state index in [-0.39, 0.29) is 18.1 Å². The summed E-state index contributed by atoms with van der Waals surface area (Å²) in [5.74, 6) is 0.275. The molecule has 86 valence electrons. The van der Waals surface area contributed by atoms with Gasteiger partial charge in [0.15, 0.2) is 0 Å². The molecule has 15 heavy (non-hydrogen) atoms. The molecule has 2 saturated heterocycles. The van der Waals surface area contributed by atoms with E-state index in [9.17, 15) is 4.79 Å². The molecule has 0 saturated carbocycles. The molecular formula is C11H20N2O2. The zero-order valence-corrected chi connectivity index (χ0v) is 9.53. The number of nitrogens with zero attached hydrogens (tertiary/aromatic N) is 1. The second-order valence-electron chi connectivity index (χ2n) is 4.39. The van der Waals surface area contributed by atoms with Crippen molar-refractivity contribution in [2.45, 2.75) is 51.4 Å². The molecule has 2 fully saturated rings. The molecule has 2 heterocycles. The van der Waals surface area contributed by atoms with Crippen molar-refractivity contribution in [1.29, 1.82) is 0 Å². The standard InChI is InChI=1S/C11H20N2O2/c1-3-10-11(14)13(8(2)12-10)9-4-6-15-7-5-9/h8-10,12H,3-7H2,1-2H3. The Morgan fingerprint density at radius 1 is 1.47 bits per heavy atom. The summed E-state index contributed by atoms with van der Waals surface area (Å²) in [6.07, 6.45) is 3.02. The second-order valence-corrected chi connectivity index (χ2v) is 4.39. The summed E-state index contributed by atoms with van der Waals surface area (Å²) < 4.78 is 5.32. The third kappa shape index (κ3) is 2.01. The van der Waals surface area contributed by atoms with Crippen LogP contribution in [0, 0.1) is 0 Å². The lowest BCUT2D eigenvalue weighted by Crippen LogP contribution is -2.45. The van der Waals surface area contributed by atoms with E-state index >= 15 is 0 Å². The topological polar surface area (TPSA) is 41.6 Å². The molecule has 0 bridgehead atoms. The lowest BCUT2D eigenvalue weighted by molar-refractivity contribution is -0.133. The van der Waals surface area contributed by atoms with Gasteiger partial charge in [-0.1, -0.05) is 6.92 Å². The normalized spacial score (nSPS) is 33.7. The van der Waals surface area contributed by atoms with Gasteiger partial charge < -0.3 is 9.64 Å². The minimum Gasteiger partial charge on any atom is -0.381 e. The van der Waals surface area contributed by atoms with Gasteiger partial charge in [-0.3, -0.25) is 10.1 Å². The summed E-state index contributed by atoms with van der Waals surface area (Å²) >= 11 is 0. The van der Waals surface area contributed by atoms with Crippen molar-refractivity contribution >= 4 is 5.91 Å². The van der Waals surface area contributed by atoms with Gasteiger partial charge in [0, 0.05) is 19.3 Å². The first-order chi connectivity index (χ1) is 7.24. The Bertz CT molecular complexity index is 239. The van der Waals surface area contributed by atoms with Crippen molar-refractivity contribution < 1.29 is 9.53 Å². The molecule has 2 aliphatic rings. The second kappa shape index (κ2) is 4.49. The Balaban J connectivity index is 2.04. The number of nitrogens with one attached hydrogen (secondary N) is 1. The third-order valence-corrected chi connectivity index (χ3v) is 3.40. The number of carbonyl (C=O) groups excluding carboxylic acids is 1. The lowest BCUT2D eigenvalue weighted by atomic mass is 10.1. The van der Waals surface area contributed by atoms with Crippen molar-refractivity contribution in [3.05, 3.63) is 0 Å². The Labute approximate surface area is 91.0 Å². The molecular weight excluding hydrogens is 192 g/mol. The van der Waals surface area contributed by atoms with Crippen LogP contribution in [-0.2, 0) is 9.53 Å². The van der Waals surface area contributed by atoms with Crippen LogP contribution in [0.25, 0.3) is 0 Å². The summed E-state index contributed by atoms with van der Waals surface area (Å²) in [5.41, 5.74) is 0. The van der Waals surface area contributed by atoms with Crippen LogP contribution >= 0.6 is 0 Å². The first-order valence-electron chi connectivity index (χ1n) is 5.90. The van der Waals surface area contributed by atoms with Crippen LogP contribution in [0.1, 0.15) is 33.1 Å². The summed E-state index contributed by atoms with van der Waals surface area (Å²) in [6.45, 7) is 5.70. The van der Waals surface area contributed by atoms with Gasteiger partial charge in [-0.25, -0.2) is 0 Å². The molecule has 1 N–H and O–H groups in total. The Morgan fingerprint density at radius 2 is 2.13 bits per heavy atom. The van der Waals surface area contributed by atoms with Crippen molar-refractivity contribution in [3.8, 4) is 0 Å². The monoisotopic (exact) mass is 212 g/mol. The highest BCUT2D eigenvalue weighted by Gasteiger charge is 2.39. The molecule has 4 heteroatoms. The van der Waals surface area contributed by atoms with E-state index in [0.29, 0.717) is 6.04 Å². The number of carbonyl (C=O) groups is 1. The van der Waals surface area contributed by atoms with Crippen LogP contribution in [0.4, 0.5) is 0 Å². The maximum atomic E-state index is 12.1. The van der Waals surface area contributed by atoms with Gasteiger partial charge in [0.2, 0.25) is 5.91 Å². The third-order valence-electron chi connectivity index (χ3n) is 3.40. The Kier molecular flexibility index (Phi) is 3.26. The molecule has 2 aliphatic heterocycles. The van der Waals surface area contributed by atoms with Crippen molar-refractivity contribution in [2.24, 2.45) is 0 Å². The molecule has 0 aromatic carbocycles. The molecule has 0 aliphatic carbocycles. The molecule has 2 unspecified atom stereocenters. The van der Waals surface area contributed by atoms with Gasteiger partial charge >= 0.3 is 0 Å². The van der Waals surface area contributed by atoms with E-state index in [0.717, 1.165) is 32.5 Å². The molecule has 0 radical (unpaired) electrons. The fraction of sp³-hybridized carbons (Fsp3) is 0.909. The lowest BCUT2D eigenvalue weighted by Gasteiger charge is -2.33. The summed E-state index contributed by atoms with van der Waals surface area (Å²) in [6, 6.07) is 0.410. The number of hydrogen-bond acceptors (Lipinski definition) is 3. The molecule has 1 amide bonds. The highest BCUT2D eigenvalue weighted by molar-refractivity contribution is 5.84. The molecule has 2 rings (SSSR count). The molecule has 4 nitrogen and oxygen atoms in total. The molecule has 2 atom stereocenters. The zero-order chi connectivity index (χ0) is 10.8. The fourth-order valence-electron chi connectivity index (χ4n) is 2.57. The van der Waals surface area contributed by atoms with E-state index in [4.69, 9.17) is 4.74 Å². The average Bonchev–Trinajstić information content (AvgIpc) is 2.55. The van der Waals surface area contributed by atoms with E-state index < -0.39 is 0 Å². The van der Waals surface area contributed by atoms with Gasteiger partial charge in [0.05, 0.1) is 12.2 Å². The maximum Gasteiger partial charge on any atom is 0.241 e. The molecule has 0 aromatic rings. The average molecular weight is 212 g/mol. The van der Waals surface area contributed by atoms with Gasteiger partial charge in [0.1, 0.15) is 0 Å². The van der Waals surface area contributed by atoms with E-state index in [1.807, 2.05) is 4.90 Å². The summed E-state index contributed by atoms with van der Waals surface area (Å²) in [5, 5.41) is 3.34. The minimum absolute atomic E-state index is 0.0304. The predicted octanol–water partition coefficient (Wildman–Crippen LogP) is 0.722. The smallest absolute Gasteiger partial charge is 0.241 e. The zero-order valence-electron chi connectivity index (χ0n) is 9.53. The Morgan fingerprint density at radius 3 is 2.67 bits per heavy atom. The van der Waals surface area contributed by atoms with Gasteiger partial charge in [-0.2, -0.15) is 0 Å². The largest absolute Gasteiger partial charge is 0.381 e. The van der Waals surface area contributed by atoms with Crippen molar-refractivity contribution in [3.63, 3.8) is 0 Å². The number of rotatable bonds is 2. The van der Waals surface area contributed by atoms with E-state index in [1.54, 1.807) is 0 Å². The minimum atomic E-state index is 0.0304. The number of hydrogen-bond donors (Lipinski definition) is 1. The van der Waals surface area contributed by atoms with E-state index in [1.165, 1.54) is 0 Å². The van der Waals surface area contributed by atoms with Crippen molar-refractivity contribution in [2.75, 3.05) is 13.2 Å². The highest BCUT2D eigenvalue weighted by Crippen LogP contribution is 2.22. The van der Waals surface area contributed by atoms with Crippen molar-refractivity contribution in [1.82, 2.24) is 10.2 Å². The highest BCUT2D eigenvalue weighted by atomic mass is 16.5. The number of amides is 1. The van der Waals surface area contributed by atoms with Crippen LogP contribution in [0.3, 0.4) is 0 Å². The van der Waals surface area contributed by atoms with Crippen LogP contribution in [-0.4, -0.2) is 42.3 Å². The van der Waals surface area contributed by atoms with Crippen LogP contribution < -0.4 is 5.32 Å². The van der Waals surface area contributed by atoms with Crippen LogP contribution in [0.2, 0.25) is 0 Å². The first-order valence-corrected chi connectivity index (χ1v) is 5.90. The van der Waals surface area contributed by atoms with Crippen LogP contribution in [0.5, 0.6) is 0 Å². The van der Waals surface area contributed by atoms with Gasteiger partial charge in [-0.05, 0) is 26.2 Å². The van der Waals surface area contributed by atoms with Gasteiger partial charge in [-0.15, -0.1) is 0 Å². The maximum absolute atomic E-state index is 12.1. The first kappa shape index (κ1) is 10.9. The summed E-state index contributed by atoms with van der Waals surface area (Å²) in [4.78, 5) is 14.1. The van der Waals surface area contributed by atoms with Crippen LogP contribution in [0.15, 0.2) is 0 Å². The predicted molar refractivity (Wildman–Crippen MR) is 57.4 cm³/mol. The SMILES string of the molecule is CCC1NC(C)N(C2CCOCC2)C1=O. The quantitative estimate of drug-likeness (QED) is 0.733.